The van der Waals surface area contributed by atoms with E-state index in [1.165, 1.54) is 38.5 Å². The third-order valence-electron chi connectivity index (χ3n) is 4.97. The van der Waals surface area contributed by atoms with Gasteiger partial charge in [-0.1, -0.05) is 18.6 Å². The molecule has 0 aromatic carbocycles. The Labute approximate surface area is 98.0 Å². The molecule has 3 aliphatic rings. The number of hydrogen-bond acceptors (Lipinski definition) is 2. The van der Waals surface area contributed by atoms with Gasteiger partial charge >= 0.3 is 0 Å². The van der Waals surface area contributed by atoms with Crippen LogP contribution in [0, 0.1) is 5.92 Å². The molecule has 90 valence electrons. The number of allylic oxidation sites excluding steroid dienone is 1. The van der Waals surface area contributed by atoms with Crippen molar-refractivity contribution in [2.24, 2.45) is 5.92 Å². The second kappa shape index (κ2) is 3.85. The molecular weight excluding hydrogens is 200 g/mol. The van der Waals surface area contributed by atoms with Gasteiger partial charge < -0.3 is 9.47 Å². The van der Waals surface area contributed by atoms with E-state index in [0.29, 0.717) is 0 Å². The van der Waals surface area contributed by atoms with E-state index in [9.17, 15) is 0 Å². The van der Waals surface area contributed by atoms with Crippen LogP contribution in [0.4, 0.5) is 0 Å². The zero-order chi connectivity index (χ0) is 11.1. The summed E-state index contributed by atoms with van der Waals surface area (Å²) in [6.45, 7) is 0.934. The molecule has 2 heteroatoms. The summed E-state index contributed by atoms with van der Waals surface area (Å²) < 4.78 is 12.2. The van der Waals surface area contributed by atoms with Crippen molar-refractivity contribution in [2.45, 2.75) is 56.1 Å². The zero-order valence-corrected chi connectivity index (χ0v) is 10.2. The van der Waals surface area contributed by atoms with Crippen molar-refractivity contribution in [3.05, 3.63) is 12.2 Å². The molecule has 0 aromatic heterocycles. The number of rotatable bonds is 2. The smallest absolute Gasteiger partial charge is 0.115 e. The van der Waals surface area contributed by atoms with Crippen LogP contribution in [0.1, 0.15) is 44.9 Å². The highest BCUT2D eigenvalue weighted by atomic mass is 16.6. The van der Waals surface area contributed by atoms with Crippen molar-refractivity contribution >= 4 is 0 Å². The van der Waals surface area contributed by atoms with E-state index < -0.39 is 0 Å². The van der Waals surface area contributed by atoms with Gasteiger partial charge in [0.2, 0.25) is 0 Å². The zero-order valence-electron chi connectivity index (χ0n) is 10.2. The van der Waals surface area contributed by atoms with Crippen molar-refractivity contribution in [3.8, 4) is 0 Å². The molecule has 1 saturated heterocycles. The summed E-state index contributed by atoms with van der Waals surface area (Å²) in [5.74, 6) is 0.732. The van der Waals surface area contributed by atoms with E-state index in [1.807, 2.05) is 7.11 Å². The molecule has 1 heterocycles. The molecule has 0 radical (unpaired) electrons. The Morgan fingerprint density at radius 3 is 2.94 bits per heavy atom. The lowest BCUT2D eigenvalue weighted by atomic mass is 9.71. The molecule has 0 spiro atoms. The molecule has 3 unspecified atom stereocenters. The molecule has 1 saturated carbocycles. The minimum absolute atomic E-state index is 0.0126. The molecule has 0 N–H and O–H groups in total. The van der Waals surface area contributed by atoms with Gasteiger partial charge in [-0.25, -0.2) is 0 Å². The van der Waals surface area contributed by atoms with Crippen LogP contribution in [-0.2, 0) is 9.47 Å². The third-order valence-corrected chi connectivity index (χ3v) is 4.97. The van der Waals surface area contributed by atoms with E-state index in [-0.39, 0.29) is 11.2 Å². The lowest BCUT2D eigenvalue weighted by molar-refractivity contribution is -0.165. The molecule has 3 atom stereocenters. The largest absolute Gasteiger partial charge is 0.371 e. The van der Waals surface area contributed by atoms with Crippen molar-refractivity contribution < 1.29 is 9.47 Å². The van der Waals surface area contributed by atoms with Crippen LogP contribution in [0.2, 0.25) is 0 Å². The maximum absolute atomic E-state index is 6.22. The highest BCUT2D eigenvalue weighted by molar-refractivity contribution is 5.21. The molecule has 0 aromatic rings. The highest BCUT2D eigenvalue weighted by Gasteiger charge is 2.60. The van der Waals surface area contributed by atoms with Crippen molar-refractivity contribution in [1.29, 1.82) is 0 Å². The molecule has 2 fully saturated rings. The van der Waals surface area contributed by atoms with Gasteiger partial charge in [0, 0.05) is 13.7 Å². The van der Waals surface area contributed by atoms with Crippen LogP contribution in [0.15, 0.2) is 12.2 Å². The van der Waals surface area contributed by atoms with Gasteiger partial charge in [-0.05, 0) is 44.4 Å². The molecule has 0 bridgehead atoms. The first kappa shape index (κ1) is 10.8. The predicted octanol–water partition coefficient (Wildman–Crippen LogP) is 3.07. The van der Waals surface area contributed by atoms with Crippen LogP contribution in [-0.4, -0.2) is 24.9 Å². The molecule has 3 rings (SSSR count). The first-order valence-corrected chi connectivity index (χ1v) is 6.70. The van der Waals surface area contributed by atoms with Crippen molar-refractivity contribution in [3.63, 3.8) is 0 Å². The lowest BCUT2D eigenvalue weighted by Crippen LogP contribution is -2.56. The third kappa shape index (κ3) is 1.26. The second-order valence-electron chi connectivity index (χ2n) is 5.50. The van der Waals surface area contributed by atoms with E-state index in [1.54, 1.807) is 0 Å². The van der Waals surface area contributed by atoms with Crippen molar-refractivity contribution in [2.75, 3.05) is 13.7 Å². The molecular formula is C14H22O2. The lowest BCUT2D eigenvalue weighted by Gasteiger charge is -2.47. The Hall–Kier alpha value is -0.340. The maximum Gasteiger partial charge on any atom is 0.115 e. The number of ether oxygens (including phenoxy) is 2. The number of methoxy groups -OCH3 is 1. The van der Waals surface area contributed by atoms with Crippen LogP contribution in [0.25, 0.3) is 0 Å². The highest BCUT2D eigenvalue weighted by Crippen LogP contribution is 2.55. The topological polar surface area (TPSA) is 18.5 Å². The average molecular weight is 222 g/mol. The van der Waals surface area contributed by atoms with Crippen LogP contribution in [0.5, 0.6) is 0 Å². The number of hydrogen-bond donors (Lipinski definition) is 0. The first-order valence-electron chi connectivity index (χ1n) is 6.70. The van der Waals surface area contributed by atoms with Gasteiger partial charge in [0.25, 0.3) is 0 Å². The molecule has 16 heavy (non-hydrogen) atoms. The van der Waals surface area contributed by atoms with Gasteiger partial charge in [0.15, 0.2) is 0 Å². The van der Waals surface area contributed by atoms with E-state index in [4.69, 9.17) is 9.47 Å². The van der Waals surface area contributed by atoms with Gasteiger partial charge in [0.05, 0.1) is 0 Å². The van der Waals surface area contributed by atoms with Gasteiger partial charge in [-0.2, -0.15) is 0 Å². The Kier molecular flexibility index (Phi) is 2.60. The normalized spacial score (nSPS) is 47.2. The van der Waals surface area contributed by atoms with Gasteiger partial charge in [0.1, 0.15) is 11.2 Å². The fourth-order valence-corrected chi connectivity index (χ4v) is 4.21. The van der Waals surface area contributed by atoms with Crippen LogP contribution in [0.3, 0.4) is 0 Å². The minimum Gasteiger partial charge on any atom is -0.371 e. The fraction of sp³-hybridized carbons (Fsp3) is 0.857. The van der Waals surface area contributed by atoms with E-state index in [0.717, 1.165) is 18.9 Å². The van der Waals surface area contributed by atoms with Crippen LogP contribution < -0.4 is 0 Å². The fourth-order valence-electron chi connectivity index (χ4n) is 4.21. The van der Waals surface area contributed by atoms with Crippen LogP contribution >= 0.6 is 0 Å². The predicted molar refractivity (Wildman–Crippen MR) is 63.4 cm³/mol. The standard InChI is InChI=1S/C14H22O2/c1-15-13(8-3-2-4-9-13)14-10-5-6-12(14)7-11-16-14/h3,8,12H,2,4-7,9-11H2,1H3. The number of fused-ring (bicyclic) bond motifs is 1. The summed E-state index contributed by atoms with van der Waals surface area (Å²) in [6, 6.07) is 0. The SMILES string of the molecule is COC1(C23CCCC2CCO3)C=CCCC1. The molecule has 2 nitrogen and oxygen atoms in total. The van der Waals surface area contributed by atoms with Gasteiger partial charge in [-0.15, -0.1) is 0 Å². The average Bonchev–Trinajstić information content (AvgIpc) is 2.89. The molecule has 0 amide bonds. The summed E-state index contributed by atoms with van der Waals surface area (Å²) in [5, 5.41) is 0. The summed E-state index contributed by atoms with van der Waals surface area (Å²) in [6.07, 6.45) is 13.2. The van der Waals surface area contributed by atoms with E-state index >= 15 is 0 Å². The Morgan fingerprint density at radius 2 is 2.19 bits per heavy atom. The van der Waals surface area contributed by atoms with E-state index in [2.05, 4.69) is 12.2 Å². The Balaban J connectivity index is 1.99. The summed E-state index contributed by atoms with van der Waals surface area (Å²) in [5.41, 5.74) is -0.110. The Bertz CT molecular complexity index is 287. The van der Waals surface area contributed by atoms with Crippen molar-refractivity contribution in [1.82, 2.24) is 0 Å². The van der Waals surface area contributed by atoms with Gasteiger partial charge in [-0.3, -0.25) is 0 Å². The monoisotopic (exact) mass is 222 g/mol. The summed E-state index contributed by atoms with van der Waals surface area (Å²) >= 11 is 0. The molecule has 1 aliphatic heterocycles. The maximum atomic E-state index is 6.22. The summed E-state index contributed by atoms with van der Waals surface area (Å²) in [4.78, 5) is 0. The molecule has 2 aliphatic carbocycles. The minimum atomic E-state index is -0.122. The summed E-state index contributed by atoms with van der Waals surface area (Å²) in [7, 11) is 1.86. The first-order chi connectivity index (χ1) is 7.83. The Morgan fingerprint density at radius 1 is 1.25 bits per heavy atom. The quantitative estimate of drug-likeness (QED) is 0.668. The second-order valence-corrected chi connectivity index (χ2v) is 5.50.